The van der Waals surface area contributed by atoms with Crippen molar-refractivity contribution in [3.8, 4) is 0 Å². The molecule has 0 aliphatic rings. The van der Waals surface area contributed by atoms with Gasteiger partial charge in [-0.05, 0) is 43.7 Å². The molecule has 1 amide bonds. The molecule has 3 rings (SSSR count). The summed E-state index contributed by atoms with van der Waals surface area (Å²) >= 11 is 1.38. The number of ether oxygens (including phenoxy) is 1. The van der Waals surface area contributed by atoms with E-state index in [0.717, 1.165) is 23.5 Å². The highest BCUT2D eigenvalue weighted by atomic mass is 32.1. The number of benzene rings is 1. The Morgan fingerprint density at radius 2 is 2.00 bits per heavy atom. The van der Waals surface area contributed by atoms with Gasteiger partial charge in [0.15, 0.2) is 0 Å². The number of carbonyl (C=O) groups excluding carboxylic acids is 2. The van der Waals surface area contributed by atoms with Gasteiger partial charge in [0, 0.05) is 24.0 Å². The number of rotatable bonds is 6. The highest BCUT2D eigenvalue weighted by Crippen LogP contribution is 2.21. The second kappa shape index (κ2) is 8.55. The van der Waals surface area contributed by atoms with Gasteiger partial charge in [-0.2, -0.15) is 0 Å². The van der Waals surface area contributed by atoms with Crippen LogP contribution in [0.15, 0.2) is 48.7 Å². The molecule has 7 heteroatoms. The molecule has 3 aromatic rings. The highest BCUT2D eigenvalue weighted by Gasteiger charge is 2.16. The standard InChI is InChI=1S/C20H19N3O3S/c1-13-18(27-17(22-13)10-9-15-7-3-4-11-21-15)19(24)23-16-8-5-6-14(12-16)20(25)26-2/h3-8,11-12H,9-10H2,1-2H3,(H,23,24). The fourth-order valence-corrected chi connectivity index (χ4v) is 3.54. The predicted octanol–water partition coefficient (Wildman–Crippen LogP) is 3.67. The summed E-state index contributed by atoms with van der Waals surface area (Å²) in [4.78, 5) is 33.6. The van der Waals surface area contributed by atoms with Crippen molar-refractivity contribution < 1.29 is 14.3 Å². The third-order valence-electron chi connectivity index (χ3n) is 3.91. The molecule has 0 radical (unpaired) electrons. The number of hydrogen-bond acceptors (Lipinski definition) is 6. The van der Waals surface area contributed by atoms with Gasteiger partial charge >= 0.3 is 5.97 Å². The number of anilines is 1. The molecule has 2 aromatic heterocycles. The van der Waals surface area contributed by atoms with Gasteiger partial charge in [-0.3, -0.25) is 9.78 Å². The van der Waals surface area contributed by atoms with Gasteiger partial charge in [-0.25, -0.2) is 9.78 Å². The van der Waals surface area contributed by atoms with Gasteiger partial charge in [-0.1, -0.05) is 12.1 Å². The van der Waals surface area contributed by atoms with Gasteiger partial charge < -0.3 is 10.1 Å². The summed E-state index contributed by atoms with van der Waals surface area (Å²) in [6, 6.07) is 12.5. The summed E-state index contributed by atoms with van der Waals surface area (Å²) in [5, 5.41) is 3.71. The Hall–Kier alpha value is -3.06. The monoisotopic (exact) mass is 381 g/mol. The SMILES string of the molecule is COC(=O)c1cccc(NC(=O)c2sc(CCc3ccccn3)nc2C)c1. The molecule has 27 heavy (non-hydrogen) atoms. The summed E-state index contributed by atoms with van der Waals surface area (Å²) in [7, 11) is 1.32. The first-order valence-electron chi connectivity index (χ1n) is 8.43. The van der Waals surface area contributed by atoms with Crippen LogP contribution in [0.2, 0.25) is 0 Å². The first-order valence-corrected chi connectivity index (χ1v) is 9.24. The summed E-state index contributed by atoms with van der Waals surface area (Å²) < 4.78 is 4.70. The highest BCUT2D eigenvalue weighted by molar-refractivity contribution is 7.13. The van der Waals surface area contributed by atoms with Crippen LogP contribution in [0.25, 0.3) is 0 Å². The molecular formula is C20H19N3O3S. The van der Waals surface area contributed by atoms with Gasteiger partial charge in [0.25, 0.3) is 5.91 Å². The molecule has 1 aromatic carbocycles. The molecule has 138 valence electrons. The van der Waals surface area contributed by atoms with E-state index >= 15 is 0 Å². The van der Waals surface area contributed by atoms with Crippen LogP contribution in [0.5, 0.6) is 0 Å². The van der Waals surface area contributed by atoms with E-state index in [-0.39, 0.29) is 5.91 Å². The second-order valence-electron chi connectivity index (χ2n) is 5.87. The molecule has 0 saturated heterocycles. The Morgan fingerprint density at radius 3 is 2.74 bits per heavy atom. The van der Waals surface area contributed by atoms with Crippen molar-refractivity contribution in [3.05, 3.63) is 75.5 Å². The van der Waals surface area contributed by atoms with Crippen LogP contribution in [0.3, 0.4) is 0 Å². The molecule has 0 fully saturated rings. The molecule has 2 heterocycles. The van der Waals surface area contributed by atoms with Gasteiger partial charge in [-0.15, -0.1) is 11.3 Å². The van der Waals surface area contributed by atoms with Crippen LogP contribution < -0.4 is 5.32 Å². The molecule has 0 saturated carbocycles. The van der Waals surface area contributed by atoms with Crippen LogP contribution in [0, 0.1) is 6.92 Å². The number of nitrogens with zero attached hydrogens (tertiary/aromatic N) is 2. The van der Waals surface area contributed by atoms with Gasteiger partial charge in [0.2, 0.25) is 0 Å². The Morgan fingerprint density at radius 1 is 1.15 bits per heavy atom. The number of carbonyl (C=O) groups is 2. The summed E-state index contributed by atoms with van der Waals surface area (Å²) in [6.45, 7) is 1.82. The molecule has 0 spiro atoms. The number of amides is 1. The normalized spacial score (nSPS) is 10.4. The largest absolute Gasteiger partial charge is 0.465 e. The van der Waals surface area contributed by atoms with Gasteiger partial charge in [0.1, 0.15) is 4.88 Å². The van der Waals surface area contributed by atoms with Crippen molar-refractivity contribution in [1.29, 1.82) is 0 Å². The predicted molar refractivity (Wildman–Crippen MR) is 104 cm³/mol. The van der Waals surface area contributed by atoms with Crippen LogP contribution in [0.4, 0.5) is 5.69 Å². The van der Waals surface area contributed by atoms with Crippen molar-refractivity contribution >= 4 is 28.9 Å². The molecular weight excluding hydrogens is 362 g/mol. The third kappa shape index (κ3) is 4.77. The summed E-state index contributed by atoms with van der Waals surface area (Å²) in [5.74, 6) is -0.687. The fourth-order valence-electron chi connectivity index (χ4n) is 2.58. The molecule has 0 unspecified atom stereocenters. The quantitative estimate of drug-likeness (QED) is 0.659. The third-order valence-corrected chi connectivity index (χ3v) is 5.13. The van der Waals surface area contributed by atoms with Crippen molar-refractivity contribution in [2.75, 3.05) is 12.4 Å². The van der Waals surface area contributed by atoms with E-state index in [1.165, 1.54) is 18.4 Å². The van der Waals surface area contributed by atoms with E-state index in [1.807, 2.05) is 25.1 Å². The van der Waals surface area contributed by atoms with Crippen LogP contribution in [-0.2, 0) is 17.6 Å². The van der Waals surface area contributed by atoms with E-state index in [1.54, 1.807) is 30.5 Å². The Balaban J connectivity index is 1.68. The lowest BCUT2D eigenvalue weighted by Crippen LogP contribution is -2.12. The average molecular weight is 381 g/mol. The van der Waals surface area contributed by atoms with E-state index < -0.39 is 5.97 Å². The number of hydrogen-bond donors (Lipinski definition) is 1. The van der Waals surface area contributed by atoms with Crippen LogP contribution in [0.1, 0.15) is 36.4 Å². The summed E-state index contributed by atoms with van der Waals surface area (Å²) in [5.41, 5.74) is 2.60. The molecule has 0 aliphatic carbocycles. The minimum absolute atomic E-state index is 0.240. The average Bonchev–Trinajstić information content (AvgIpc) is 3.07. The minimum atomic E-state index is -0.447. The minimum Gasteiger partial charge on any atom is -0.465 e. The first kappa shape index (κ1) is 18.7. The molecule has 1 N–H and O–H groups in total. The number of esters is 1. The van der Waals surface area contributed by atoms with Crippen molar-refractivity contribution in [3.63, 3.8) is 0 Å². The zero-order chi connectivity index (χ0) is 19.2. The molecule has 6 nitrogen and oxygen atoms in total. The van der Waals surface area contributed by atoms with E-state index in [2.05, 4.69) is 15.3 Å². The van der Waals surface area contributed by atoms with Crippen molar-refractivity contribution in [1.82, 2.24) is 9.97 Å². The van der Waals surface area contributed by atoms with E-state index in [4.69, 9.17) is 4.74 Å². The second-order valence-corrected chi connectivity index (χ2v) is 6.95. The number of aryl methyl sites for hydroxylation is 3. The number of nitrogens with one attached hydrogen (secondary N) is 1. The lowest BCUT2D eigenvalue weighted by Gasteiger charge is -2.06. The molecule has 0 atom stereocenters. The number of methoxy groups -OCH3 is 1. The topological polar surface area (TPSA) is 81.2 Å². The molecule has 0 bridgehead atoms. The smallest absolute Gasteiger partial charge is 0.337 e. The van der Waals surface area contributed by atoms with Crippen LogP contribution >= 0.6 is 11.3 Å². The first-order chi connectivity index (χ1) is 13.1. The van der Waals surface area contributed by atoms with Crippen molar-refractivity contribution in [2.24, 2.45) is 0 Å². The lowest BCUT2D eigenvalue weighted by atomic mass is 10.2. The summed E-state index contributed by atoms with van der Waals surface area (Å²) in [6.07, 6.45) is 3.27. The Bertz CT molecular complexity index is 954. The van der Waals surface area contributed by atoms with E-state index in [9.17, 15) is 9.59 Å². The zero-order valence-electron chi connectivity index (χ0n) is 15.1. The van der Waals surface area contributed by atoms with Gasteiger partial charge in [0.05, 0.1) is 23.4 Å². The Labute approximate surface area is 161 Å². The molecule has 0 aliphatic heterocycles. The van der Waals surface area contributed by atoms with Crippen molar-refractivity contribution in [2.45, 2.75) is 19.8 Å². The zero-order valence-corrected chi connectivity index (χ0v) is 15.9. The fraction of sp³-hybridized carbons (Fsp3) is 0.200. The number of thiazole rings is 1. The maximum Gasteiger partial charge on any atom is 0.337 e. The number of aromatic nitrogens is 2. The Kier molecular flexibility index (Phi) is 5.93. The maximum absolute atomic E-state index is 12.6. The maximum atomic E-state index is 12.6. The van der Waals surface area contributed by atoms with Crippen LogP contribution in [-0.4, -0.2) is 29.0 Å². The lowest BCUT2D eigenvalue weighted by molar-refractivity contribution is 0.0600. The van der Waals surface area contributed by atoms with E-state index in [0.29, 0.717) is 21.8 Å². The number of pyridine rings is 1.